The highest BCUT2D eigenvalue weighted by Crippen LogP contribution is 2.39. The number of carbonyl (C=O) groups is 2. The predicted molar refractivity (Wildman–Crippen MR) is 122 cm³/mol. The Morgan fingerprint density at radius 3 is 2.26 bits per heavy atom. The Kier molecular flexibility index (Phi) is 4.79. The topological polar surface area (TPSA) is 162 Å². The second-order valence-electron chi connectivity index (χ2n) is 7.99. The van der Waals surface area contributed by atoms with Crippen LogP contribution >= 0.6 is 0 Å². The molecule has 2 aromatic carbocycles. The number of allylic oxidation sites excluding steroid dienone is 2. The number of fused-ring (bicyclic) bond motifs is 2. The van der Waals surface area contributed by atoms with Crippen LogP contribution in [0.2, 0.25) is 0 Å². The molecule has 12 heteroatoms. The fourth-order valence-electron chi connectivity index (χ4n) is 4.19. The quantitative estimate of drug-likeness (QED) is 0.548. The first-order valence-electron chi connectivity index (χ1n) is 10.2. The molecule has 1 atom stereocenters. The van der Waals surface area contributed by atoms with E-state index in [0.717, 1.165) is 11.2 Å². The number of imide groups is 1. The Morgan fingerprint density at radius 2 is 1.69 bits per heavy atom. The first-order valence-corrected chi connectivity index (χ1v) is 12.1. The summed E-state index contributed by atoms with van der Waals surface area (Å²) in [5.41, 5.74) is 1.32. The number of nitrogens with one attached hydrogen (secondary N) is 1. The van der Waals surface area contributed by atoms with Gasteiger partial charge in [0.05, 0.1) is 39.3 Å². The van der Waals surface area contributed by atoms with Crippen molar-refractivity contribution in [3.63, 3.8) is 0 Å². The monoisotopic (exact) mass is 485 g/mol. The minimum atomic E-state index is -3.81. The van der Waals surface area contributed by atoms with E-state index in [-0.39, 0.29) is 44.6 Å². The van der Waals surface area contributed by atoms with Gasteiger partial charge in [0.15, 0.2) is 9.84 Å². The molecular formula is C23H15N7O4S. The molecule has 1 N–H and O–H groups in total. The molecule has 0 radical (unpaired) electrons. The van der Waals surface area contributed by atoms with Crippen molar-refractivity contribution in [2.45, 2.75) is 17.9 Å². The van der Waals surface area contributed by atoms with Gasteiger partial charge in [0.2, 0.25) is 5.95 Å². The Bertz CT molecular complexity index is 1650. The fourth-order valence-corrected chi connectivity index (χ4v) is 5.14. The van der Waals surface area contributed by atoms with Crippen molar-refractivity contribution in [1.29, 1.82) is 10.5 Å². The molecular weight excluding hydrogens is 470 g/mol. The van der Waals surface area contributed by atoms with E-state index in [1.54, 1.807) is 19.1 Å². The Morgan fingerprint density at radius 1 is 1.03 bits per heavy atom. The summed E-state index contributed by atoms with van der Waals surface area (Å²) in [5, 5.41) is 26.5. The van der Waals surface area contributed by atoms with Crippen molar-refractivity contribution in [2.24, 2.45) is 0 Å². The van der Waals surface area contributed by atoms with Crippen molar-refractivity contribution in [3.8, 4) is 12.1 Å². The lowest BCUT2D eigenvalue weighted by Crippen LogP contribution is -2.30. The van der Waals surface area contributed by atoms with E-state index in [0.29, 0.717) is 5.70 Å². The summed E-state index contributed by atoms with van der Waals surface area (Å²) in [5.74, 6) is -1.29. The van der Waals surface area contributed by atoms with Gasteiger partial charge in [-0.25, -0.2) is 18.0 Å². The molecule has 2 aliphatic heterocycles. The lowest BCUT2D eigenvalue weighted by atomic mass is 9.96. The third-order valence-electron chi connectivity index (χ3n) is 5.79. The zero-order valence-electron chi connectivity index (χ0n) is 18.3. The SMILES string of the molecule is CC1=C(C#N)C(c2ccc(C#N)cc2S(C)(=O)=O)n2nc(N3C(=O)c4ccccc4C3=O)nc2N1. The molecule has 2 aliphatic rings. The Balaban J connectivity index is 1.70. The van der Waals surface area contributed by atoms with Crippen LogP contribution in [-0.2, 0) is 9.84 Å². The minimum absolute atomic E-state index is 0.113. The van der Waals surface area contributed by atoms with Gasteiger partial charge in [0.1, 0.15) is 6.04 Å². The van der Waals surface area contributed by atoms with Crippen molar-refractivity contribution in [3.05, 3.63) is 76.0 Å². The van der Waals surface area contributed by atoms with E-state index >= 15 is 0 Å². The van der Waals surface area contributed by atoms with E-state index in [1.165, 1.54) is 35.0 Å². The molecule has 3 aromatic rings. The van der Waals surface area contributed by atoms with Crippen LogP contribution in [0.25, 0.3) is 0 Å². The number of carbonyl (C=O) groups excluding carboxylic acids is 2. The van der Waals surface area contributed by atoms with Gasteiger partial charge in [-0.05, 0) is 31.2 Å². The summed E-state index contributed by atoms with van der Waals surface area (Å²) < 4.78 is 26.5. The summed E-state index contributed by atoms with van der Waals surface area (Å²) in [7, 11) is -3.81. The molecule has 0 saturated heterocycles. The summed E-state index contributed by atoms with van der Waals surface area (Å²) in [6.07, 6.45) is 1.00. The number of anilines is 2. The van der Waals surface area contributed by atoms with Gasteiger partial charge in [0, 0.05) is 17.5 Å². The lowest BCUT2D eigenvalue weighted by Gasteiger charge is -2.27. The van der Waals surface area contributed by atoms with Gasteiger partial charge in [-0.3, -0.25) is 9.59 Å². The van der Waals surface area contributed by atoms with Crippen LogP contribution in [0.3, 0.4) is 0 Å². The fraction of sp³-hybridized carbons (Fsp3) is 0.130. The molecule has 0 bridgehead atoms. The van der Waals surface area contributed by atoms with Gasteiger partial charge in [-0.1, -0.05) is 18.2 Å². The normalized spacial score (nSPS) is 16.9. The van der Waals surface area contributed by atoms with Gasteiger partial charge in [-0.15, -0.1) is 5.10 Å². The van der Waals surface area contributed by atoms with Gasteiger partial charge in [0.25, 0.3) is 17.8 Å². The molecule has 5 rings (SSSR count). The number of benzene rings is 2. The van der Waals surface area contributed by atoms with E-state index < -0.39 is 27.7 Å². The molecule has 2 amide bonds. The summed E-state index contributed by atoms with van der Waals surface area (Å²) in [6.45, 7) is 1.62. The van der Waals surface area contributed by atoms with Gasteiger partial charge < -0.3 is 5.32 Å². The summed E-state index contributed by atoms with van der Waals surface area (Å²) in [4.78, 5) is 30.9. The van der Waals surface area contributed by atoms with Crippen LogP contribution in [-0.4, -0.2) is 41.3 Å². The highest BCUT2D eigenvalue weighted by molar-refractivity contribution is 7.90. The van der Waals surface area contributed by atoms with Crippen molar-refractivity contribution in [1.82, 2.24) is 14.8 Å². The molecule has 172 valence electrons. The summed E-state index contributed by atoms with van der Waals surface area (Å²) >= 11 is 0. The average Bonchev–Trinajstić information content (AvgIpc) is 3.35. The summed E-state index contributed by atoms with van der Waals surface area (Å²) in [6, 6.07) is 13.4. The van der Waals surface area contributed by atoms with Crippen molar-refractivity contribution in [2.75, 3.05) is 16.5 Å². The Labute approximate surface area is 199 Å². The Hall–Kier alpha value is -4.81. The van der Waals surface area contributed by atoms with E-state index in [4.69, 9.17) is 0 Å². The van der Waals surface area contributed by atoms with Crippen LogP contribution in [0.15, 0.2) is 58.6 Å². The molecule has 3 heterocycles. The molecule has 1 unspecified atom stereocenters. The number of nitrogens with zero attached hydrogens (tertiary/aromatic N) is 6. The molecule has 35 heavy (non-hydrogen) atoms. The standard InChI is InChI=1S/C23H15N7O4S/c1-12-17(11-25)19(16-8-7-13(10-24)9-18(16)35(2,33)34)30-22(26-12)27-23(28-30)29-20(31)14-5-3-4-6-15(14)21(29)32/h3-9,19H,1-2H3,(H,26,27,28). The van der Waals surface area contributed by atoms with Crippen LogP contribution < -0.4 is 10.2 Å². The van der Waals surface area contributed by atoms with E-state index in [9.17, 15) is 28.5 Å². The van der Waals surface area contributed by atoms with E-state index in [2.05, 4.69) is 21.5 Å². The number of amides is 2. The number of rotatable bonds is 3. The maximum Gasteiger partial charge on any atom is 0.268 e. The molecule has 1 aromatic heterocycles. The van der Waals surface area contributed by atoms with Crippen molar-refractivity contribution < 1.29 is 18.0 Å². The molecule has 0 saturated carbocycles. The zero-order chi connectivity index (χ0) is 25.1. The number of hydrogen-bond donors (Lipinski definition) is 1. The predicted octanol–water partition coefficient (Wildman–Crippen LogP) is 2.17. The second kappa shape index (κ2) is 7.62. The highest BCUT2D eigenvalue weighted by atomic mass is 32.2. The highest BCUT2D eigenvalue weighted by Gasteiger charge is 2.41. The maximum absolute atomic E-state index is 12.9. The molecule has 0 spiro atoms. The first kappa shape index (κ1) is 22.0. The first-order chi connectivity index (χ1) is 16.7. The number of hydrogen-bond acceptors (Lipinski definition) is 9. The minimum Gasteiger partial charge on any atom is -0.327 e. The molecule has 0 fully saturated rings. The van der Waals surface area contributed by atoms with Crippen LogP contribution in [0.4, 0.5) is 11.9 Å². The van der Waals surface area contributed by atoms with Gasteiger partial charge in [-0.2, -0.15) is 15.5 Å². The van der Waals surface area contributed by atoms with Crippen molar-refractivity contribution >= 4 is 33.5 Å². The third-order valence-corrected chi connectivity index (χ3v) is 6.95. The number of aromatic nitrogens is 3. The number of sulfone groups is 1. The van der Waals surface area contributed by atoms with Crippen LogP contribution in [0.5, 0.6) is 0 Å². The second-order valence-corrected chi connectivity index (χ2v) is 9.97. The van der Waals surface area contributed by atoms with E-state index in [1.807, 2.05) is 6.07 Å². The lowest BCUT2D eigenvalue weighted by molar-refractivity contribution is 0.0923. The smallest absolute Gasteiger partial charge is 0.268 e. The number of nitriles is 2. The van der Waals surface area contributed by atoms with Gasteiger partial charge >= 0.3 is 0 Å². The third kappa shape index (κ3) is 3.27. The zero-order valence-corrected chi connectivity index (χ0v) is 19.2. The molecule has 0 aliphatic carbocycles. The molecule has 11 nitrogen and oxygen atoms in total. The maximum atomic E-state index is 12.9. The largest absolute Gasteiger partial charge is 0.327 e. The van der Waals surface area contributed by atoms with Crippen LogP contribution in [0, 0.1) is 22.7 Å². The average molecular weight is 485 g/mol. The van der Waals surface area contributed by atoms with Crippen LogP contribution in [0.1, 0.15) is 44.8 Å².